The van der Waals surface area contributed by atoms with Crippen LogP contribution in [0.3, 0.4) is 0 Å². The van der Waals surface area contributed by atoms with Crippen molar-refractivity contribution >= 4 is 11.6 Å². The van der Waals surface area contributed by atoms with Crippen molar-refractivity contribution < 1.29 is 4.39 Å². The number of halogens is 1. The monoisotopic (exact) mass is 329 g/mol. The van der Waals surface area contributed by atoms with E-state index in [1.807, 2.05) is 25.1 Å². The summed E-state index contributed by atoms with van der Waals surface area (Å²) < 4.78 is 13.7. The summed E-state index contributed by atoms with van der Waals surface area (Å²) in [4.78, 5) is 13.6. The number of nitrogens with zero attached hydrogens (tertiary/aromatic N) is 4. The van der Waals surface area contributed by atoms with E-state index in [2.05, 4.69) is 32.1 Å². The van der Waals surface area contributed by atoms with Gasteiger partial charge in [-0.25, -0.2) is 14.4 Å². The highest BCUT2D eigenvalue weighted by molar-refractivity contribution is 5.49. The summed E-state index contributed by atoms with van der Waals surface area (Å²) in [6.07, 6.45) is 0.625. The lowest BCUT2D eigenvalue weighted by Gasteiger charge is -2.33. The van der Waals surface area contributed by atoms with Gasteiger partial charge in [-0.15, -0.1) is 0 Å². The second-order valence-corrected chi connectivity index (χ2v) is 6.22. The van der Waals surface area contributed by atoms with Crippen molar-refractivity contribution in [1.82, 2.24) is 14.9 Å². The highest BCUT2D eigenvalue weighted by Crippen LogP contribution is 2.17. The average molecular weight is 329 g/mol. The minimum Gasteiger partial charge on any atom is -0.370 e. The van der Waals surface area contributed by atoms with E-state index in [-0.39, 0.29) is 5.82 Å². The Labute approximate surface area is 142 Å². The second-order valence-electron chi connectivity index (χ2n) is 6.22. The Morgan fingerprint density at radius 1 is 1.12 bits per heavy atom. The molecule has 0 atom stereocenters. The lowest BCUT2D eigenvalue weighted by atomic mass is 10.1. The zero-order chi connectivity index (χ0) is 16.9. The van der Waals surface area contributed by atoms with Crippen molar-refractivity contribution in [2.24, 2.45) is 0 Å². The largest absolute Gasteiger partial charge is 0.370 e. The molecule has 1 aliphatic rings. The topological polar surface area (TPSA) is 44.3 Å². The van der Waals surface area contributed by atoms with Crippen LogP contribution in [0.4, 0.5) is 16.0 Å². The van der Waals surface area contributed by atoms with Crippen LogP contribution >= 0.6 is 0 Å². The number of anilines is 2. The molecule has 1 aliphatic heterocycles. The van der Waals surface area contributed by atoms with Gasteiger partial charge in [0.15, 0.2) is 0 Å². The Hall–Kier alpha value is -2.21. The summed E-state index contributed by atoms with van der Waals surface area (Å²) in [6.45, 7) is 6.57. The highest BCUT2D eigenvalue weighted by atomic mass is 19.1. The first-order valence-electron chi connectivity index (χ1n) is 8.38. The maximum atomic E-state index is 13.7. The third-order valence-electron chi connectivity index (χ3n) is 4.31. The van der Waals surface area contributed by atoms with Crippen molar-refractivity contribution in [3.8, 4) is 0 Å². The predicted molar refractivity (Wildman–Crippen MR) is 95.1 cm³/mol. The van der Waals surface area contributed by atoms with Gasteiger partial charge in [-0.3, -0.25) is 0 Å². The van der Waals surface area contributed by atoms with Gasteiger partial charge in [-0.2, -0.15) is 0 Å². The summed E-state index contributed by atoms with van der Waals surface area (Å²) in [5, 5.41) is 3.29. The number of hydrogen-bond donors (Lipinski definition) is 1. The number of likely N-dealkylation sites (N-methyl/N-ethyl adjacent to an activating group) is 1. The smallest absolute Gasteiger partial charge is 0.134 e. The summed E-state index contributed by atoms with van der Waals surface area (Å²) in [6, 6.07) is 8.87. The van der Waals surface area contributed by atoms with Gasteiger partial charge in [0.1, 0.15) is 23.3 Å². The van der Waals surface area contributed by atoms with E-state index in [0.717, 1.165) is 49.2 Å². The molecule has 1 aromatic carbocycles. The van der Waals surface area contributed by atoms with Gasteiger partial charge in [0.2, 0.25) is 0 Å². The van der Waals surface area contributed by atoms with Crippen LogP contribution in [0.1, 0.15) is 11.4 Å². The third-order valence-corrected chi connectivity index (χ3v) is 4.31. The van der Waals surface area contributed by atoms with E-state index >= 15 is 0 Å². The molecule has 0 spiro atoms. The third kappa shape index (κ3) is 4.20. The summed E-state index contributed by atoms with van der Waals surface area (Å²) in [7, 11) is 2.14. The van der Waals surface area contributed by atoms with Crippen molar-refractivity contribution in [3.63, 3.8) is 0 Å². The van der Waals surface area contributed by atoms with E-state index < -0.39 is 0 Å². The lowest BCUT2D eigenvalue weighted by molar-refractivity contribution is 0.312. The van der Waals surface area contributed by atoms with Crippen molar-refractivity contribution in [1.29, 1.82) is 0 Å². The molecule has 0 amide bonds. The molecule has 0 bridgehead atoms. The fourth-order valence-electron chi connectivity index (χ4n) is 2.87. The molecule has 128 valence electrons. The SMILES string of the molecule is Cc1nc(NCCc2ccccc2F)cc(N2CCN(C)CC2)n1. The molecule has 3 rings (SSSR count). The van der Waals surface area contributed by atoms with Crippen molar-refractivity contribution in [2.75, 3.05) is 50.0 Å². The van der Waals surface area contributed by atoms with E-state index in [1.165, 1.54) is 6.07 Å². The molecule has 0 aliphatic carbocycles. The van der Waals surface area contributed by atoms with Crippen LogP contribution in [0.15, 0.2) is 30.3 Å². The molecule has 5 nitrogen and oxygen atoms in total. The minimum atomic E-state index is -0.156. The Balaban J connectivity index is 1.62. The number of hydrogen-bond acceptors (Lipinski definition) is 5. The molecule has 1 aromatic heterocycles. The summed E-state index contributed by atoms with van der Waals surface area (Å²) in [5.74, 6) is 2.35. The number of benzene rings is 1. The molecule has 1 N–H and O–H groups in total. The Morgan fingerprint density at radius 3 is 2.62 bits per heavy atom. The highest BCUT2D eigenvalue weighted by Gasteiger charge is 2.16. The second kappa shape index (κ2) is 7.57. The minimum absolute atomic E-state index is 0.156. The number of aryl methyl sites for hydroxylation is 1. The van der Waals surface area contributed by atoms with Crippen LogP contribution in [-0.2, 0) is 6.42 Å². The van der Waals surface area contributed by atoms with Gasteiger partial charge < -0.3 is 15.1 Å². The zero-order valence-electron chi connectivity index (χ0n) is 14.3. The summed E-state index contributed by atoms with van der Waals surface area (Å²) in [5.41, 5.74) is 0.718. The number of aromatic nitrogens is 2. The molecular formula is C18H24FN5. The molecule has 6 heteroatoms. The van der Waals surface area contributed by atoms with Gasteiger partial charge in [0.05, 0.1) is 0 Å². The standard InChI is InChI=1S/C18H24FN5/c1-14-21-17(20-8-7-15-5-3-4-6-16(15)19)13-18(22-14)24-11-9-23(2)10-12-24/h3-6,13H,7-12H2,1-2H3,(H,20,21,22). The van der Waals surface area contributed by atoms with Gasteiger partial charge in [-0.1, -0.05) is 18.2 Å². The molecule has 0 radical (unpaired) electrons. The van der Waals surface area contributed by atoms with Crippen LogP contribution in [0.5, 0.6) is 0 Å². The fourth-order valence-corrected chi connectivity index (χ4v) is 2.87. The molecule has 2 aromatic rings. The molecule has 2 heterocycles. The average Bonchev–Trinajstić information content (AvgIpc) is 2.57. The quantitative estimate of drug-likeness (QED) is 0.912. The van der Waals surface area contributed by atoms with Crippen LogP contribution in [0, 0.1) is 12.7 Å². The molecule has 1 saturated heterocycles. The van der Waals surface area contributed by atoms with Crippen LogP contribution in [0.2, 0.25) is 0 Å². The lowest BCUT2D eigenvalue weighted by Crippen LogP contribution is -2.44. The first-order valence-corrected chi connectivity index (χ1v) is 8.38. The zero-order valence-corrected chi connectivity index (χ0v) is 14.3. The van der Waals surface area contributed by atoms with E-state index in [9.17, 15) is 4.39 Å². The van der Waals surface area contributed by atoms with E-state index in [0.29, 0.717) is 13.0 Å². The van der Waals surface area contributed by atoms with Crippen molar-refractivity contribution in [3.05, 3.63) is 47.5 Å². The van der Waals surface area contributed by atoms with Crippen LogP contribution in [0.25, 0.3) is 0 Å². The van der Waals surface area contributed by atoms with Gasteiger partial charge in [-0.05, 0) is 32.0 Å². The summed E-state index contributed by atoms with van der Waals surface area (Å²) >= 11 is 0. The number of nitrogens with one attached hydrogen (secondary N) is 1. The first-order chi connectivity index (χ1) is 11.6. The van der Waals surface area contributed by atoms with Gasteiger partial charge >= 0.3 is 0 Å². The Bertz CT molecular complexity index is 683. The van der Waals surface area contributed by atoms with Crippen LogP contribution in [-0.4, -0.2) is 54.6 Å². The molecule has 24 heavy (non-hydrogen) atoms. The van der Waals surface area contributed by atoms with Gasteiger partial charge in [0.25, 0.3) is 0 Å². The molecule has 0 unspecified atom stereocenters. The maximum Gasteiger partial charge on any atom is 0.134 e. The number of piperazine rings is 1. The predicted octanol–water partition coefficient (Wildman–Crippen LogP) is 2.33. The Morgan fingerprint density at radius 2 is 1.88 bits per heavy atom. The van der Waals surface area contributed by atoms with Gasteiger partial charge in [0, 0.05) is 38.8 Å². The fraction of sp³-hybridized carbons (Fsp3) is 0.444. The molecule has 1 fully saturated rings. The van der Waals surface area contributed by atoms with Crippen molar-refractivity contribution in [2.45, 2.75) is 13.3 Å². The van der Waals surface area contributed by atoms with E-state index in [4.69, 9.17) is 0 Å². The molecule has 0 saturated carbocycles. The Kier molecular flexibility index (Phi) is 5.25. The molecular weight excluding hydrogens is 305 g/mol. The number of rotatable bonds is 5. The van der Waals surface area contributed by atoms with Crippen LogP contribution < -0.4 is 10.2 Å². The first kappa shape index (κ1) is 16.6. The maximum absolute atomic E-state index is 13.7. The van der Waals surface area contributed by atoms with E-state index in [1.54, 1.807) is 6.07 Å². The normalized spacial score (nSPS) is 15.5.